The molecule has 1 saturated heterocycles. The zero-order chi connectivity index (χ0) is 14.9. The number of nitrogens with one attached hydrogen (secondary N) is 2. The van der Waals surface area contributed by atoms with Gasteiger partial charge in [0.05, 0.1) is 6.54 Å². The molecule has 0 spiro atoms. The third kappa shape index (κ3) is 2.37. The number of sulfonamides is 1. The second-order valence-corrected chi connectivity index (χ2v) is 6.12. The average Bonchev–Trinajstić information content (AvgIpc) is 2.38. The number of imide groups is 1. The van der Waals surface area contributed by atoms with E-state index in [0.717, 1.165) is 16.6 Å². The molecule has 0 aliphatic carbocycles. The number of aromatic amines is 1. The molecule has 2 amide bonds. The Morgan fingerprint density at radius 2 is 2.05 bits per heavy atom. The van der Waals surface area contributed by atoms with E-state index >= 15 is 0 Å². The molecule has 1 fully saturated rings. The molecule has 1 aliphatic heterocycles. The lowest BCUT2D eigenvalue weighted by Gasteiger charge is -2.31. The molecule has 2 heterocycles. The van der Waals surface area contributed by atoms with Crippen LogP contribution in [0.2, 0.25) is 0 Å². The molecular weight excluding hydrogens is 286 g/mol. The zero-order valence-corrected chi connectivity index (χ0v) is 11.4. The van der Waals surface area contributed by atoms with Crippen molar-refractivity contribution in [1.29, 1.82) is 0 Å². The van der Waals surface area contributed by atoms with E-state index in [2.05, 4.69) is 10.3 Å². The van der Waals surface area contributed by atoms with Gasteiger partial charge in [0, 0.05) is 18.5 Å². The summed E-state index contributed by atoms with van der Waals surface area (Å²) in [5, 5.41) is 2.08. The van der Waals surface area contributed by atoms with Crippen LogP contribution in [-0.4, -0.2) is 42.1 Å². The van der Waals surface area contributed by atoms with Gasteiger partial charge in [0.15, 0.2) is 0 Å². The second-order valence-electron chi connectivity index (χ2n) is 4.26. The number of rotatable bonds is 3. The van der Waals surface area contributed by atoms with Gasteiger partial charge in [-0.3, -0.25) is 19.7 Å². The molecule has 20 heavy (non-hydrogen) atoms. The highest BCUT2D eigenvalue weighted by Crippen LogP contribution is 2.18. The lowest BCUT2D eigenvalue weighted by molar-refractivity contribution is -0.137. The summed E-state index contributed by atoms with van der Waals surface area (Å²) in [6.07, 6.45) is 2.54. The van der Waals surface area contributed by atoms with Crippen molar-refractivity contribution in [2.75, 3.05) is 6.54 Å². The van der Waals surface area contributed by atoms with Crippen LogP contribution in [0.25, 0.3) is 0 Å². The summed E-state index contributed by atoms with van der Waals surface area (Å²) < 4.78 is 25.6. The number of amides is 2. The van der Waals surface area contributed by atoms with Gasteiger partial charge >= 0.3 is 0 Å². The van der Waals surface area contributed by atoms with Crippen molar-refractivity contribution in [3.63, 3.8) is 0 Å². The fourth-order valence-corrected chi connectivity index (χ4v) is 3.67. The van der Waals surface area contributed by atoms with E-state index in [-0.39, 0.29) is 6.42 Å². The van der Waals surface area contributed by atoms with Gasteiger partial charge in [-0.2, -0.15) is 4.31 Å². The molecule has 8 nitrogen and oxygen atoms in total. The van der Waals surface area contributed by atoms with Crippen LogP contribution in [0.3, 0.4) is 0 Å². The van der Waals surface area contributed by atoms with E-state index in [9.17, 15) is 22.8 Å². The second kappa shape index (κ2) is 5.17. The lowest BCUT2D eigenvalue weighted by Crippen LogP contribution is -2.59. The molecule has 0 saturated carbocycles. The number of hydrogen-bond donors (Lipinski definition) is 2. The third-order valence-electron chi connectivity index (χ3n) is 2.97. The summed E-state index contributed by atoms with van der Waals surface area (Å²) >= 11 is 0. The molecule has 1 aromatic heterocycles. The summed E-state index contributed by atoms with van der Waals surface area (Å²) in [5.74, 6) is -1.39. The van der Waals surface area contributed by atoms with Crippen molar-refractivity contribution in [3.05, 3.63) is 28.7 Å². The predicted octanol–water partition coefficient (Wildman–Crippen LogP) is -1.20. The Labute approximate surface area is 114 Å². The first kappa shape index (κ1) is 14.4. The maximum atomic E-state index is 12.4. The Kier molecular flexibility index (Phi) is 3.73. The molecule has 0 bridgehead atoms. The fourth-order valence-electron chi connectivity index (χ4n) is 2.01. The number of H-pyrrole nitrogens is 1. The minimum absolute atomic E-state index is 0.198. The van der Waals surface area contributed by atoms with Crippen LogP contribution in [0.4, 0.5) is 0 Å². The van der Waals surface area contributed by atoms with Gasteiger partial charge in [0.25, 0.3) is 0 Å². The Balaban J connectivity index is 2.52. The summed E-state index contributed by atoms with van der Waals surface area (Å²) in [7, 11) is -4.21. The maximum Gasteiger partial charge on any atom is 0.249 e. The molecule has 1 unspecified atom stereocenters. The van der Waals surface area contributed by atoms with Gasteiger partial charge in [-0.15, -0.1) is 0 Å². The molecule has 0 radical (unpaired) electrons. The number of piperazine rings is 1. The lowest BCUT2D eigenvalue weighted by atomic mass is 10.2. The number of hydrogen-bond acceptors (Lipinski definition) is 5. The summed E-state index contributed by atoms with van der Waals surface area (Å²) in [6, 6.07) is 0.0666. The SMILES string of the molecule is CCC1C(=O)NC(=O)CN1S(=O)(=O)c1c[nH]ccc1=O. The van der Waals surface area contributed by atoms with Crippen LogP contribution < -0.4 is 10.7 Å². The fraction of sp³-hybridized carbons (Fsp3) is 0.364. The molecule has 9 heteroatoms. The standard InChI is InChI=1S/C11H13N3O5S/c1-2-7-11(17)13-10(16)6-14(7)20(18,19)9-5-12-4-3-8(9)15/h3-5,7H,2,6H2,1H3,(H,12,15)(H,13,16,17). The summed E-state index contributed by atoms with van der Waals surface area (Å²) in [4.78, 5) is 36.8. The van der Waals surface area contributed by atoms with Crippen molar-refractivity contribution < 1.29 is 18.0 Å². The van der Waals surface area contributed by atoms with Crippen molar-refractivity contribution in [2.24, 2.45) is 0 Å². The molecule has 1 aromatic rings. The summed E-state index contributed by atoms with van der Waals surface area (Å²) in [5.41, 5.74) is -0.697. The molecule has 2 N–H and O–H groups in total. The normalized spacial score (nSPS) is 20.8. The Bertz CT molecular complexity index is 709. The Morgan fingerprint density at radius 1 is 1.35 bits per heavy atom. The van der Waals surface area contributed by atoms with E-state index in [1.165, 1.54) is 6.20 Å². The highest BCUT2D eigenvalue weighted by atomic mass is 32.2. The smallest absolute Gasteiger partial charge is 0.249 e. The first-order chi connectivity index (χ1) is 9.37. The molecule has 0 aromatic carbocycles. The molecule has 1 atom stereocenters. The number of aromatic nitrogens is 1. The molecule has 1 aliphatic rings. The maximum absolute atomic E-state index is 12.4. The van der Waals surface area contributed by atoms with Crippen LogP contribution in [0.15, 0.2) is 28.2 Å². The summed E-state index contributed by atoms with van der Waals surface area (Å²) in [6.45, 7) is 1.14. The van der Waals surface area contributed by atoms with Gasteiger partial charge in [0.2, 0.25) is 27.3 Å². The van der Waals surface area contributed by atoms with E-state index in [1.807, 2.05) is 0 Å². The Morgan fingerprint density at radius 3 is 2.65 bits per heavy atom. The minimum Gasteiger partial charge on any atom is -0.366 e. The first-order valence-corrected chi connectivity index (χ1v) is 7.34. The predicted molar refractivity (Wildman–Crippen MR) is 68.2 cm³/mol. The largest absolute Gasteiger partial charge is 0.366 e. The molecule has 108 valence electrons. The van der Waals surface area contributed by atoms with Gasteiger partial charge in [-0.25, -0.2) is 8.42 Å². The van der Waals surface area contributed by atoms with Gasteiger partial charge in [-0.05, 0) is 6.42 Å². The Hall–Kier alpha value is -2.00. The van der Waals surface area contributed by atoms with E-state index < -0.39 is 44.7 Å². The number of carbonyl (C=O) groups excluding carboxylic acids is 2. The topological polar surface area (TPSA) is 116 Å². The van der Waals surface area contributed by atoms with E-state index in [4.69, 9.17) is 0 Å². The van der Waals surface area contributed by atoms with E-state index in [0.29, 0.717) is 0 Å². The van der Waals surface area contributed by atoms with Crippen LogP contribution in [0.1, 0.15) is 13.3 Å². The first-order valence-electron chi connectivity index (χ1n) is 5.90. The van der Waals surface area contributed by atoms with Crippen molar-refractivity contribution in [3.8, 4) is 0 Å². The number of carbonyl (C=O) groups is 2. The zero-order valence-electron chi connectivity index (χ0n) is 10.6. The molecular formula is C11H13N3O5S. The van der Waals surface area contributed by atoms with Crippen LogP contribution >= 0.6 is 0 Å². The highest BCUT2D eigenvalue weighted by Gasteiger charge is 2.41. The number of pyridine rings is 1. The monoisotopic (exact) mass is 299 g/mol. The van der Waals surface area contributed by atoms with Crippen LogP contribution in [0.5, 0.6) is 0 Å². The van der Waals surface area contributed by atoms with Gasteiger partial charge < -0.3 is 4.98 Å². The number of nitrogens with zero attached hydrogens (tertiary/aromatic N) is 1. The quantitative estimate of drug-likeness (QED) is 0.680. The van der Waals surface area contributed by atoms with Crippen LogP contribution in [0, 0.1) is 0 Å². The average molecular weight is 299 g/mol. The molecule has 2 rings (SSSR count). The van der Waals surface area contributed by atoms with E-state index in [1.54, 1.807) is 6.92 Å². The van der Waals surface area contributed by atoms with Crippen molar-refractivity contribution in [1.82, 2.24) is 14.6 Å². The van der Waals surface area contributed by atoms with Crippen molar-refractivity contribution in [2.45, 2.75) is 24.3 Å². The van der Waals surface area contributed by atoms with Crippen molar-refractivity contribution >= 4 is 21.8 Å². The highest BCUT2D eigenvalue weighted by molar-refractivity contribution is 7.89. The van der Waals surface area contributed by atoms with Gasteiger partial charge in [-0.1, -0.05) is 6.92 Å². The third-order valence-corrected chi connectivity index (χ3v) is 4.85. The minimum atomic E-state index is -4.21. The van der Waals surface area contributed by atoms with Gasteiger partial charge in [0.1, 0.15) is 10.9 Å². The van der Waals surface area contributed by atoms with Crippen LogP contribution in [-0.2, 0) is 19.6 Å².